The molecule has 2 unspecified atom stereocenters. The van der Waals surface area contributed by atoms with Crippen molar-refractivity contribution in [2.24, 2.45) is 0 Å². The minimum absolute atomic E-state index is 0.514. The van der Waals surface area contributed by atoms with E-state index in [4.69, 9.17) is 4.74 Å². The fourth-order valence-corrected chi connectivity index (χ4v) is 5.38. The van der Waals surface area contributed by atoms with E-state index in [2.05, 4.69) is 66.9 Å². The number of ether oxygens (including phenoxy) is 1. The normalized spacial score (nSPS) is 21.9. The Kier molecular flexibility index (Phi) is 4.95. The molecule has 8 heteroatoms. The third kappa shape index (κ3) is 3.60. The fourth-order valence-electron chi connectivity index (χ4n) is 5.38. The van der Waals surface area contributed by atoms with Gasteiger partial charge in [-0.05, 0) is 61.1 Å². The molecule has 0 aliphatic carbocycles. The number of benzene rings is 1. The molecule has 0 radical (unpaired) electrons. The van der Waals surface area contributed by atoms with E-state index >= 15 is 0 Å². The molecule has 5 heterocycles. The van der Waals surface area contributed by atoms with Gasteiger partial charge in [-0.1, -0.05) is 6.07 Å². The van der Waals surface area contributed by atoms with Crippen molar-refractivity contribution in [2.45, 2.75) is 43.8 Å². The largest absolute Gasteiger partial charge is 0.481 e. The van der Waals surface area contributed by atoms with Crippen LogP contribution in [0.1, 0.15) is 25.7 Å². The van der Waals surface area contributed by atoms with Crippen molar-refractivity contribution >= 4 is 16.7 Å². The van der Waals surface area contributed by atoms with Crippen LogP contribution in [-0.4, -0.2) is 57.7 Å². The standard InChI is InChI=1S/C25H27N7O/c1-32(18-12-16-3-4-17(13-18)28-16)23-8-7-22(29-30-23)20-6-5-19(21-14-27-31-25(20)21)15-9-10-26-24(11-15)33-2/h5-11,14,16-18,28H,3-4,12-13H2,1-2H3,(H,27,31). The minimum atomic E-state index is 0.514. The van der Waals surface area contributed by atoms with E-state index in [0.717, 1.165) is 39.1 Å². The molecule has 2 saturated heterocycles. The maximum Gasteiger partial charge on any atom is 0.213 e. The molecule has 168 valence electrons. The topological polar surface area (TPSA) is 91.8 Å². The Labute approximate surface area is 192 Å². The number of fused-ring (bicyclic) bond motifs is 3. The lowest BCUT2D eigenvalue weighted by Gasteiger charge is -2.36. The lowest BCUT2D eigenvalue weighted by atomic mass is 9.98. The van der Waals surface area contributed by atoms with Crippen LogP contribution in [0.4, 0.5) is 5.82 Å². The Balaban J connectivity index is 1.30. The highest BCUT2D eigenvalue weighted by Crippen LogP contribution is 2.35. The lowest BCUT2D eigenvalue weighted by Crippen LogP contribution is -2.47. The predicted molar refractivity (Wildman–Crippen MR) is 128 cm³/mol. The summed E-state index contributed by atoms with van der Waals surface area (Å²) in [5, 5.41) is 21.4. The monoisotopic (exact) mass is 441 g/mol. The Hall–Kier alpha value is -3.52. The first-order valence-corrected chi connectivity index (χ1v) is 11.5. The molecule has 33 heavy (non-hydrogen) atoms. The molecule has 0 saturated carbocycles. The number of aromatic amines is 1. The number of piperidine rings is 1. The van der Waals surface area contributed by atoms with Crippen molar-refractivity contribution in [1.29, 1.82) is 0 Å². The smallest absolute Gasteiger partial charge is 0.213 e. The number of aromatic nitrogens is 5. The summed E-state index contributed by atoms with van der Waals surface area (Å²) in [5.41, 5.74) is 4.83. The first-order chi connectivity index (χ1) is 16.2. The number of H-pyrrole nitrogens is 1. The molecule has 1 aromatic carbocycles. The van der Waals surface area contributed by atoms with E-state index in [9.17, 15) is 0 Å². The maximum atomic E-state index is 5.29. The van der Waals surface area contributed by atoms with Gasteiger partial charge in [-0.25, -0.2) is 4.98 Å². The van der Waals surface area contributed by atoms with Crippen LogP contribution in [0.5, 0.6) is 5.88 Å². The van der Waals surface area contributed by atoms with Gasteiger partial charge in [0.15, 0.2) is 5.82 Å². The van der Waals surface area contributed by atoms with E-state index < -0.39 is 0 Å². The van der Waals surface area contributed by atoms with Crippen molar-refractivity contribution in [3.8, 4) is 28.3 Å². The fraction of sp³-hybridized carbons (Fsp3) is 0.360. The van der Waals surface area contributed by atoms with Gasteiger partial charge in [-0.2, -0.15) is 5.10 Å². The van der Waals surface area contributed by atoms with E-state index in [-0.39, 0.29) is 0 Å². The molecule has 0 amide bonds. The Morgan fingerprint density at radius 3 is 2.58 bits per heavy atom. The number of hydrogen-bond donors (Lipinski definition) is 2. The van der Waals surface area contributed by atoms with Gasteiger partial charge < -0.3 is 15.0 Å². The molecular formula is C25H27N7O. The SMILES string of the molecule is COc1cc(-c2ccc(-c3ccc(N(C)C4CC5CCC(C4)N5)nn3)c3[nH]ncc23)ccn1. The molecule has 8 nitrogen and oxygen atoms in total. The highest BCUT2D eigenvalue weighted by atomic mass is 16.5. The molecule has 4 aromatic rings. The van der Waals surface area contributed by atoms with Gasteiger partial charge in [0.05, 0.1) is 24.5 Å². The van der Waals surface area contributed by atoms with Gasteiger partial charge >= 0.3 is 0 Å². The number of hydrogen-bond acceptors (Lipinski definition) is 7. The van der Waals surface area contributed by atoms with Gasteiger partial charge in [0.2, 0.25) is 5.88 Å². The minimum Gasteiger partial charge on any atom is -0.481 e. The van der Waals surface area contributed by atoms with Gasteiger partial charge in [0.25, 0.3) is 0 Å². The maximum absolute atomic E-state index is 5.29. The highest BCUT2D eigenvalue weighted by molar-refractivity contribution is 6.02. The van der Waals surface area contributed by atoms with Crippen molar-refractivity contribution in [3.63, 3.8) is 0 Å². The molecule has 2 aliphatic rings. The van der Waals surface area contributed by atoms with E-state index in [1.165, 1.54) is 25.7 Å². The number of pyridine rings is 1. The molecule has 2 aliphatic heterocycles. The number of nitrogens with zero attached hydrogens (tertiary/aromatic N) is 5. The summed E-state index contributed by atoms with van der Waals surface area (Å²) in [6.07, 6.45) is 8.54. The van der Waals surface area contributed by atoms with Crippen LogP contribution < -0.4 is 15.0 Å². The van der Waals surface area contributed by atoms with Crippen LogP contribution in [0.3, 0.4) is 0 Å². The second kappa shape index (κ2) is 8.12. The molecule has 2 bridgehead atoms. The van der Waals surface area contributed by atoms with Crippen LogP contribution in [0.25, 0.3) is 33.3 Å². The Morgan fingerprint density at radius 1 is 1.00 bits per heavy atom. The summed E-state index contributed by atoms with van der Waals surface area (Å²) >= 11 is 0. The Bertz CT molecular complexity index is 1270. The van der Waals surface area contributed by atoms with Crippen molar-refractivity contribution in [1.82, 2.24) is 30.7 Å². The van der Waals surface area contributed by atoms with Crippen LogP contribution in [0.2, 0.25) is 0 Å². The number of rotatable bonds is 5. The molecule has 2 N–H and O–H groups in total. The summed E-state index contributed by atoms with van der Waals surface area (Å²) in [6, 6.07) is 14.0. The van der Waals surface area contributed by atoms with Crippen molar-refractivity contribution in [3.05, 3.63) is 48.8 Å². The van der Waals surface area contributed by atoms with Gasteiger partial charge in [0.1, 0.15) is 0 Å². The Morgan fingerprint density at radius 2 is 1.82 bits per heavy atom. The van der Waals surface area contributed by atoms with Crippen molar-refractivity contribution in [2.75, 3.05) is 19.1 Å². The molecule has 2 fully saturated rings. The zero-order chi connectivity index (χ0) is 22.4. The summed E-state index contributed by atoms with van der Waals surface area (Å²) in [7, 11) is 3.77. The van der Waals surface area contributed by atoms with Crippen LogP contribution in [0.15, 0.2) is 48.8 Å². The van der Waals surface area contributed by atoms with Crippen LogP contribution in [-0.2, 0) is 0 Å². The van der Waals surface area contributed by atoms with Gasteiger partial charge in [0, 0.05) is 48.4 Å². The second-order valence-corrected chi connectivity index (χ2v) is 9.06. The van der Waals surface area contributed by atoms with Gasteiger partial charge in [-0.15, -0.1) is 10.2 Å². The third-order valence-corrected chi connectivity index (χ3v) is 7.15. The van der Waals surface area contributed by atoms with E-state index in [1.54, 1.807) is 13.3 Å². The summed E-state index contributed by atoms with van der Waals surface area (Å²) in [6.45, 7) is 0. The number of anilines is 1. The zero-order valence-electron chi connectivity index (χ0n) is 18.8. The summed E-state index contributed by atoms with van der Waals surface area (Å²) < 4.78 is 5.29. The zero-order valence-corrected chi connectivity index (χ0v) is 18.8. The van der Waals surface area contributed by atoms with Crippen LogP contribution >= 0.6 is 0 Å². The lowest BCUT2D eigenvalue weighted by molar-refractivity contribution is 0.353. The molecule has 2 atom stereocenters. The average Bonchev–Trinajstić information content (AvgIpc) is 3.49. The third-order valence-electron chi connectivity index (χ3n) is 7.15. The van der Waals surface area contributed by atoms with E-state index in [1.807, 2.05) is 18.3 Å². The first-order valence-electron chi connectivity index (χ1n) is 11.5. The predicted octanol–water partition coefficient (Wildman–Crippen LogP) is 3.81. The molecule has 3 aromatic heterocycles. The number of methoxy groups -OCH3 is 1. The molecule has 0 spiro atoms. The molecular weight excluding hydrogens is 414 g/mol. The van der Waals surface area contributed by atoms with Crippen molar-refractivity contribution < 1.29 is 4.74 Å². The second-order valence-electron chi connectivity index (χ2n) is 9.06. The molecule has 6 rings (SSSR count). The van der Waals surface area contributed by atoms with Crippen LogP contribution in [0, 0.1) is 0 Å². The quantitative estimate of drug-likeness (QED) is 0.487. The summed E-state index contributed by atoms with van der Waals surface area (Å²) in [5.74, 6) is 1.51. The first kappa shape index (κ1) is 20.1. The average molecular weight is 442 g/mol. The van der Waals surface area contributed by atoms with E-state index in [0.29, 0.717) is 24.0 Å². The summed E-state index contributed by atoms with van der Waals surface area (Å²) in [4.78, 5) is 6.51. The highest BCUT2D eigenvalue weighted by Gasteiger charge is 2.35. The number of nitrogens with one attached hydrogen (secondary N) is 2. The van der Waals surface area contributed by atoms with Gasteiger partial charge in [-0.3, -0.25) is 5.10 Å².